The van der Waals surface area contributed by atoms with E-state index in [0.29, 0.717) is 16.7 Å². The van der Waals surface area contributed by atoms with Gasteiger partial charge in [-0.25, -0.2) is 5.43 Å². The highest BCUT2D eigenvalue weighted by molar-refractivity contribution is 7.99. The lowest BCUT2D eigenvalue weighted by molar-refractivity contribution is -0.118. The van der Waals surface area contributed by atoms with Gasteiger partial charge in [-0.3, -0.25) is 9.36 Å². The van der Waals surface area contributed by atoms with Crippen LogP contribution in [-0.4, -0.2) is 46.4 Å². The number of carbonyl (C=O) groups is 1. The zero-order valence-electron chi connectivity index (χ0n) is 20.6. The molecule has 0 unspecified atom stereocenters. The van der Waals surface area contributed by atoms with Crippen molar-refractivity contribution < 1.29 is 14.3 Å². The van der Waals surface area contributed by atoms with Crippen molar-refractivity contribution in [1.82, 2.24) is 20.2 Å². The van der Waals surface area contributed by atoms with Crippen molar-refractivity contribution in [2.75, 3.05) is 20.0 Å². The molecule has 0 radical (unpaired) electrons. The van der Waals surface area contributed by atoms with Crippen LogP contribution in [0.15, 0.2) is 83.1 Å². The Morgan fingerprint density at radius 3 is 2.39 bits per heavy atom. The van der Waals surface area contributed by atoms with Crippen LogP contribution in [-0.2, 0) is 4.79 Å². The molecule has 0 saturated heterocycles. The molecule has 1 heterocycles. The fraction of sp³-hybridized carbons (Fsp3) is 0.185. The Labute approximate surface area is 214 Å². The van der Waals surface area contributed by atoms with E-state index in [1.807, 2.05) is 91.2 Å². The van der Waals surface area contributed by atoms with E-state index in [2.05, 4.69) is 20.7 Å². The summed E-state index contributed by atoms with van der Waals surface area (Å²) in [6.07, 6.45) is 0. The fourth-order valence-corrected chi connectivity index (χ4v) is 4.18. The van der Waals surface area contributed by atoms with Crippen LogP contribution >= 0.6 is 11.8 Å². The highest BCUT2D eigenvalue weighted by Gasteiger charge is 2.17. The zero-order valence-corrected chi connectivity index (χ0v) is 21.4. The third-order valence-electron chi connectivity index (χ3n) is 5.44. The van der Waals surface area contributed by atoms with Crippen LogP contribution in [0.1, 0.15) is 18.1 Å². The standard InChI is InChI=1S/C27H27N5O3S/c1-18-8-12-22(13-9-18)32-26(20-10-14-23(34-3)15-11-20)30-31-27(32)36-17-25(33)29-28-19(2)21-6-5-7-24(16-21)35-4/h5-16H,17H2,1-4H3,(H,29,33). The number of ether oxygens (including phenoxy) is 2. The van der Waals surface area contributed by atoms with Gasteiger partial charge in [0.25, 0.3) is 5.91 Å². The maximum atomic E-state index is 12.6. The van der Waals surface area contributed by atoms with Gasteiger partial charge in [-0.2, -0.15) is 5.10 Å². The summed E-state index contributed by atoms with van der Waals surface area (Å²) in [6.45, 7) is 3.87. The van der Waals surface area contributed by atoms with Gasteiger partial charge in [0.05, 0.1) is 25.7 Å². The van der Waals surface area contributed by atoms with Gasteiger partial charge in [0.15, 0.2) is 11.0 Å². The Bertz CT molecular complexity index is 1370. The van der Waals surface area contributed by atoms with Crippen molar-refractivity contribution in [2.45, 2.75) is 19.0 Å². The van der Waals surface area contributed by atoms with E-state index in [1.165, 1.54) is 11.8 Å². The lowest BCUT2D eigenvalue weighted by Gasteiger charge is -2.11. The van der Waals surface area contributed by atoms with E-state index in [9.17, 15) is 4.79 Å². The van der Waals surface area contributed by atoms with Gasteiger partial charge in [-0.15, -0.1) is 10.2 Å². The van der Waals surface area contributed by atoms with Crippen LogP contribution in [0, 0.1) is 6.92 Å². The van der Waals surface area contributed by atoms with Gasteiger partial charge in [0.2, 0.25) is 0 Å². The second kappa shape index (κ2) is 11.5. The van der Waals surface area contributed by atoms with Gasteiger partial charge in [-0.1, -0.05) is 41.6 Å². The molecule has 0 aliphatic heterocycles. The Balaban J connectivity index is 1.52. The molecule has 1 aromatic heterocycles. The van der Waals surface area contributed by atoms with E-state index in [1.54, 1.807) is 14.2 Å². The van der Waals surface area contributed by atoms with Crippen molar-refractivity contribution in [3.63, 3.8) is 0 Å². The number of hydrogen-bond acceptors (Lipinski definition) is 7. The number of benzene rings is 3. The first-order chi connectivity index (χ1) is 17.5. The molecule has 0 saturated carbocycles. The third-order valence-corrected chi connectivity index (χ3v) is 6.37. The minimum absolute atomic E-state index is 0.126. The summed E-state index contributed by atoms with van der Waals surface area (Å²) < 4.78 is 12.5. The molecule has 1 N–H and O–H groups in total. The Kier molecular flexibility index (Phi) is 8.02. The second-order valence-electron chi connectivity index (χ2n) is 7.96. The highest BCUT2D eigenvalue weighted by atomic mass is 32.2. The summed E-state index contributed by atoms with van der Waals surface area (Å²) in [6, 6.07) is 23.2. The number of hydrazone groups is 1. The minimum atomic E-state index is -0.244. The van der Waals surface area contributed by atoms with Crippen LogP contribution in [0.25, 0.3) is 17.1 Å². The normalized spacial score (nSPS) is 11.3. The molecule has 0 bridgehead atoms. The summed E-state index contributed by atoms with van der Waals surface area (Å²) in [4.78, 5) is 12.6. The zero-order chi connectivity index (χ0) is 25.5. The summed E-state index contributed by atoms with van der Waals surface area (Å²) in [5, 5.41) is 13.7. The molecule has 4 rings (SSSR count). The van der Waals surface area contributed by atoms with E-state index in [0.717, 1.165) is 33.9 Å². The second-order valence-corrected chi connectivity index (χ2v) is 8.90. The molecule has 1 amide bonds. The first-order valence-electron chi connectivity index (χ1n) is 11.3. The number of amides is 1. The number of methoxy groups -OCH3 is 2. The smallest absolute Gasteiger partial charge is 0.250 e. The van der Waals surface area contributed by atoms with E-state index in [4.69, 9.17) is 9.47 Å². The molecule has 0 aliphatic rings. The molecule has 3 aromatic carbocycles. The maximum Gasteiger partial charge on any atom is 0.250 e. The predicted molar refractivity (Wildman–Crippen MR) is 142 cm³/mol. The number of nitrogens with one attached hydrogen (secondary N) is 1. The monoisotopic (exact) mass is 501 g/mol. The predicted octanol–water partition coefficient (Wildman–Crippen LogP) is 4.89. The van der Waals surface area contributed by atoms with Gasteiger partial charge in [-0.05, 0) is 62.4 Å². The van der Waals surface area contributed by atoms with Crippen molar-refractivity contribution >= 4 is 23.4 Å². The molecule has 0 aliphatic carbocycles. The van der Waals surface area contributed by atoms with Crippen molar-refractivity contribution in [3.05, 3.63) is 83.9 Å². The lowest BCUT2D eigenvalue weighted by atomic mass is 10.1. The minimum Gasteiger partial charge on any atom is -0.497 e. The Morgan fingerprint density at radius 2 is 1.69 bits per heavy atom. The average Bonchev–Trinajstić information content (AvgIpc) is 3.35. The average molecular weight is 502 g/mol. The van der Waals surface area contributed by atoms with E-state index < -0.39 is 0 Å². The Morgan fingerprint density at radius 1 is 0.972 bits per heavy atom. The molecule has 184 valence electrons. The molecular formula is C27H27N5O3S. The summed E-state index contributed by atoms with van der Waals surface area (Å²) in [7, 11) is 3.24. The van der Waals surface area contributed by atoms with Crippen LogP contribution < -0.4 is 14.9 Å². The quantitative estimate of drug-likeness (QED) is 0.199. The topological polar surface area (TPSA) is 90.6 Å². The van der Waals surface area contributed by atoms with E-state index >= 15 is 0 Å². The van der Waals surface area contributed by atoms with Crippen molar-refractivity contribution in [2.24, 2.45) is 5.10 Å². The largest absolute Gasteiger partial charge is 0.497 e. The molecule has 0 atom stereocenters. The summed E-state index contributed by atoms with van der Waals surface area (Å²) in [5.74, 6) is 2.05. The Hall–Kier alpha value is -4.11. The first kappa shape index (κ1) is 25.0. The van der Waals surface area contributed by atoms with Gasteiger partial charge in [0, 0.05) is 16.8 Å². The molecule has 36 heavy (non-hydrogen) atoms. The number of rotatable bonds is 9. The highest BCUT2D eigenvalue weighted by Crippen LogP contribution is 2.29. The van der Waals surface area contributed by atoms with Crippen LogP contribution in [0.3, 0.4) is 0 Å². The van der Waals surface area contributed by atoms with Crippen LogP contribution in [0.5, 0.6) is 11.5 Å². The number of thioether (sulfide) groups is 1. The molecule has 8 nitrogen and oxygen atoms in total. The van der Waals surface area contributed by atoms with Gasteiger partial charge < -0.3 is 9.47 Å². The summed E-state index contributed by atoms with van der Waals surface area (Å²) in [5.41, 5.74) is 7.11. The summed E-state index contributed by atoms with van der Waals surface area (Å²) >= 11 is 1.29. The SMILES string of the molecule is COc1ccc(-c2nnc(SCC(=O)NN=C(C)c3cccc(OC)c3)n2-c2ccc(C)cc2)cc1. The van der Waals surface area contributed by atoms with Crippen molar-refractivity contribution in [1.29, 1.82) is 0 Å². The molecule has 9 heteroatoms. The van der Waals surface area contributed by atoms with Gasteiger partial charge in [0.1, 0.15) is 11.5 Å². The van der Waals surface area contributed by atoms with Crippen molar-refractivity contribution in [3.8, 4) is 28.6 Å². The third kappa shape index (κ3) is 5.92. The molecule has 0 fully saturated rings. The first-order valence-corrected chi connectivity index (χ1v) is 12.2. The van der Waals surface area contributed by atoms with Gasteiger partial charge >= 0.3 is 0 Å². The van der Waals surface area contributed by atoms with Crippen LogP contribution in [0.4, 0.5) is 0 Å². The molecular weight excluding hydrogens is 474 g/mol. The number of carbonyl (C=O) groups excluding carboxylic acids is 1. The molecule has 4 aromatic rings. The molecule has 0 spiro atoms. The number of hydrogen-bond donors (Lipinski definition) is 1. The lowest BCUT2D eigenvalue weighted by Crippen LogP contribution is -2.21. The van der Waals surface area contributed by atoms with E-state index in [-0.39, 0.29) is 11.7 Å². The number of aryl methyl sites for hydroxylation is 1. The number of nitrogens with zero attached hydrogens (tertiary/aromatic N) is 4. The fourth-order valence-electron chi connectivity index (χ4n) is 3.44. The van der Waals surface area contributed by atoms with Crippen LogP contribution in [0.2, 0.25) is 0 Å². The maximum absolute atomic E-state index is 12.6. The number of aromatic nitrogens is 3.